The van der Waals surface area contributed by atoms with E-state index in [1.54, 1.807) is 6.07 Å². The first-order valence-corrected chi connectivity index (χ1v) is 8.25. The summed E-state index contributed by atoms with van der Waals surface area (Å²) < 4.78 is 27.8. The quantitative estimate of drug-likeness (QED) is 0.835. The number of halogens is 1. The number of rotatable bonds is 3. The predicted octanol–water partition coefficient (Wildman–Crippen LogP) is 2.50. The molecule has 0 heterocycles. The third-order valence-electron chi connectivity index (χ3n) is 3.45. The van der Waals surface area contributed by atoms with Crippen LogP contribution in [0.5, 0.6) is 0 Å². The summed E-state index contributed by atoms with van der Waals surface area (Å²) in [5, 5.41) is 0. The molecule has 0 saturated heterocycles. The van der Waals surface area contributed by atoms with E-state index in [9.17, 15) is 8.42 Å². The van der Waals surface area contributed by atoms with Crippen LogP contribution in [-0.2, 0) is 10.0 Å². The zero-order valence-corrected chi connectivity index (χ0v) is 12.6. The van der Waals surface area contributed by atoms with Crippen LogP contribution in [0, 0.1) is 5.92 Å². The molecule has 2 unspecified atom stereocenters. The molecule has 1 fully saturated rings. The Labute approximate surface area is 116 Å². The summed E-state index contributed by atoms with van der Waals surface area (Å²) in [6.07, 6.45) is 3.08. The fraction of sp³-hybridized carbons (Fsp3) is 0.500. The van der Waals surface area contributed by atoms with Gasteiger partial charge >= 0.3 is 0 Å². The fourth-order valence-corrected chi connectivity index (χ4v) is 4.20. The Morgan fingerprint density at radius 1 is 1.39 bits per heavy atom. The number of nitrogens with one attached hydrogen (secondary N) is 1. The maximum absolute atomic E-state index is 12.2. The first kappa shape index (κ1) is 13.8. The Kier molecular flexibility index (Phi) is 3.99. The van der Waals surface area contributed by atoms with Gasteiger partial charge in [-0.25, -0.2) is 13.1 Å². The number of nitrogen functional groups attached to an aromatic ring is 1. The lowest BCUT2D eigenvalue weighted by molar-refractivity contribution is 0.476. The van der Waals surface area contributed by atoms with Crippen molar-refractivity contribution in [2.24, 2.45) is 5.92 Å². The molecule has 1 saturated carbocycles. The van der Waals surface area contributed by atoms with E-state index in [-0.39, 0.29) is 10.9 Å². The highest BCUT2D eigenvalue weighted by atomic mass is 79.9. The number of anilines is 1. The molecule has 3 N–H and O–H groups in total. The second-order valence-corrected chi connectivity index (χ2v) is 7.39. The van der Waals surface area contributed by atoms with Crippen molar-refractivity contribution in [1.29, 1.82) is 0 Å². The van der Waals surface area contributed by atoms with E-state index in [0.717, 1.165) is 19.3 Å². The number of benzene rings is 1. The van der Waals surface area contributed by atoms with E-state index in [4.69, 9.17) is 5.73 Å². The third kappa shape index (κ3) is 2.87. The van der Waals surface area contributed by atoms with Gasteiger partial charge in [-0.15, -0.1) is 0 Å². The highest BCUT2D eigenvalue weighted by Crippen LogP contribution is 2.28. The minimum Gasteiger partial charge on any atom is -0.398 e. The van der Waals surface area contributed by atoms with Gasteiger partial charge in [-0.2, -0.15) is 0 Å². The van der Waals surface area contributed by atoms with Gasteiger partial charge in [0, 0.05) is 16.2 Å². The lowest BCUT2D eigenvalue weighted by Crippen LogP contribution is -2.36. The number of sulfonamides is 1. The van der Waals surface area contributed by atoms with E-state index >= 15 is 0 Å². The first-order valence-electron chi connectivity index (χ1n) is 5.97. The lowest BCUT2D eigenvalue weighted by Gasteiger charge is -2.17. The smallest absolute Gasteiger partial charge is 0.240 e. The molecule has 0 spiro atoms. The van der Waals surface area contributed by atoms with E-state index in [2.05, 4.69) is 27.6 Å². The van der Waals surface area contributed by atoms with Crippen molar-refractivity contribution >= 4 is 31.6 Å². The largest absolute Gasteiger partial charge is 0.398 e. The van der Waals surface area contributed by atoms with Gasteiger partial charge in [-0.3, -0.25) is 0 Å². The second-order valence-electron chi connectivity index (χ2n) is 4.82. The summed E-state index contributed by atoms with van der Waals surface area (Å²) in [6, 6.07) is 4.71. The van der Waals surface area contributed by atoms with Crippen LogP contribution in [0.15, 0.2) is 27.6 Å². The summed E-state index contributed by atoms with van der Waals surface area (Å²) in [5.74, 6) is 0.400. The predicted molar refractivity (Wildman–Crippen MR) is 75.7 cm³/mol. The molecule has 4 nitrogen and oxygen atoms in total. The minimum atomic E-state index is -3.45. The normalized spacial score (nSPS) is 24.3. The maximum atomic E-state index is 12.2. The van der Waals surface area contributed by atoms with Crippen molar-refractivity contribution in [3.63, 3.8) is 0 Å². The molecule has 2 rings (SSSR count). The van der Waals surface area contributed by atoms with Gasteiger partial charge in [-0.1, -0.05) is 13.3 Å². The van der Waals surface area contributed by atoms with Crippen LogP contribution >= 0.6 is 15.9 Å². The van der Waals surface area contributed by atoms with Crippen molar-refractivity contribution in [3.05, 3.63) is 22.7 Å². The molecular formula is C12H17BrN2O2S. The van der Waals surface area contributed by atoms with Gasteiger partial charge in [0.1, 0.15) is 0 Å². The Bertz CT molecular complexity index is 545. The topological polar surface area (TPSA) is 72.2 Å². The fourth-order valence-electron chi connectivity index (χ4n) is 2.26. The van der Waals surface area contributed by atoms with Crippen LogP contribution in [0.25, 0.3) is 0 Å². The van der Waals surface area contributed by atoms with Crippen LogP contribution in [0.4, 0.5) is 5.69 Å². The van der Waals surface area contributed by atoms with E-state index in [1.807, 2.05) is 0 Å². The van der Waals surface area contributed by atoms with Crippen molar-refractivity contribution in [3.8, 4) is 0 Å². The average Bonchev–Trinajstić information content (AvgIpc) is 2.67. The Balaban J connectivity index is 2.22. The van der Waals surface area contributed by atoms with Crippen molar-refractivity contribution < 1.29 is 8.42 Å². The Morgan fingerprint density at radius 2 is 2.11 bits per heavy atom. The summed E-state index contributed by atoms with van der Waals surface area (Å²) >= 11 is 3.25. The molecule has 18 heavy (non-hydrogen) atoms. The van der Waals surface area contributed by atoms with Gasteiger partial charge in [0.2, 0.25) is 10.0 Å². The van der Waals surface area contributed by atoms with Gasteiger partial charge in [-0.05, 0) is 52.9 Å². The number of hydrogen-bond acceptors (Lipinski definition) is 3. The molecule has 100 valence electrons. The van der Waals surface area contributed by atoms with E-state index in [0.29, 0.717) is 16.1 Å². The molecule has 1 aliphatic carbocycles. The highest BCUT2D eigenvalue weighted by Gasteiger charge is 2.28. The Morgan fingerprint density at radius 3 is 2.67 bits per heavy atom. The van der Waals surface area contributed by atoms with Crippen LogP contribution < -0.4 is 10.5 Å². The maximum Gasteiger partial charge on any atom is 0.240 e. The molecule has 1 aromatic carbocycles. The van der Waals surface area contributed by atoms with Crippen molar-refractivity contribution in [2.75, 3.05) is 5.73 Å². The van der Waals surface area contributed by atoms with Crippen LogP contribution in [-0.4, -0.2) is 14.5 Å². The zero-order chi connectivity index (χ0) is 13.3. The van der Waals surface area contributed by atoms with Crippen LogP contribution in [0.2, 0.25) is 0 Å². The molecule has 0 aliphatic heterocycles. The molecule has 2 atom stereocenters. The zero-order valence-electron chi connectivity index (χ0n) is 10.2. The van der Waals surface area contributed by atoms with Gasteiger partial charge < -0.3 is 5.73 Å². The molecule has 0 amide bonds. The SMILES string of the molecule is CC1CCCC1NS(=O)(=O)c1ccc(N)c(Br)c1. The van der Waals surface area contributed by atoms with Crippen molar-refractivity contribution in [1.82, 2.24) is 4.72 Å². The standard InChI is InChI=1S/C12H17BrN2O2S/c1-8-3-2-4-12(8)15-18(16,17)9-5-6-11(14)10(13)7-9/h5-8,12,15H,2-4,14H2,1H3. The van der Waals surface area contributed by atoms with Crippen molar-refractivity contribution in [2.45, 2.75) is 37.1 Å². The summed E-state index contributed by atoms with van der Waals surface area (Å²) in [5.41, 5.74) is 6.19. The molecule has 0 radical (unpaired) electrons. The molecule has 0 bridgehead atoms. The number of hydrogen-bond donors (Lipinski definition) is 2. The molecule has 0 aromatic heterocycles. The van der Waals surface area contributed by atoms with Crippen LogP contribution in [0.3, 0.4) is 0 Å². The number of nitrogens with two attached hydrogens (primary N) is 1. The minimum absolute atomic E-state index is 0.0475. The second kappa shape index (κ2) is 5.19. The van der Waals surface area contributed by atoms with Crippen LogP contribution in [0.1, 0.15) is 26.2 Å². The van der Waals surface area contributed by atoms with E-state index < -0.39 is 10.0 Å². The molecule has 1 aromatic rings. The van der Waals surface area contributed by atoms with Gasteiger partial charge in [0.25, 0.3) is 0 Å². The highest BCUT2D eigenvalue weighted by molar-refractivity contribution is 9.10. The molecular weight excluding hydrogens is 316 g/mol. The van der Waals surface area contributed by atoms with Gasteiger partial charge in [0.15, 0.2) is 0 Å². The van der Waals surface area contributed by atoms with Gasteiger partial charge in [0.05, 0.1) is 4.90 Å². The summed E-state index contributed by atoms with van der Waals surface area (Å²) in [6.45, 7) is 2.08. The average molecular weight is 333 g/mol. The molecule has 1 aliphatic rings. The summed E-state index contributed by atoms with van der Waals surface area (Å²) in [7, 11) is -3.45. The molecule has 6 heteroatoms. The third-order valence-corrected chi connectivity index (χ3v) is 5.62. The Hall–Kier alpha value is -0.590. The first-order chi connectivity index (χ1) is 8.40. The monoisotopic (exact) mass is 332 g/mol. The lowest BCUT2D eigenvalue weighted by atomic mass is 10.1. The van der Waals surface area contributed by atoms with E-state index in [1.165, 1.54) is 12.1 Å². The summed E-state index contributed by atoms with van der Waals surface area (Å²) in [4.78, 5) is 0.252.